The number of hydrogen-bond acceptors (Lipinski definition) is 29. The van der Waals surface area contributed by atoms with Crippen molar-refractivity contribution in [1.82, 2.24) is 5.32 Å². The molecule has 3 aliphatic rings. The molecule has 3 heterocycles. The first-order valence-electron chi connectivity index (χ1n) is 20.1. The van der Waals surface area contributed by atoms with Crippen LogP contribution in [-0.4, -0.2) is 204 Å². The number of carboxylic acids is 1. The fourth-order valence-corrected chi connectivity index (χ4v) is 11.2. The fourth-order valence-electron chi connectivity index (χ4n) is 6.91. The zero-order valence-electron chi connectivity index (χ0n) is 39.2. The van der Waals surface area contributed by atoms with Crippen LogP contribution in [0.25, 0.3) is 0 Å². The predicted molar refractivity (Wildman–Crippen MR) is 222 cm³/mol. The van der Waals surface area contributed by atoms with Crippen molar-refractivity contribution in [2.45, 2.75) is 130 Å². The third-order valence-electron chi connectivity index (χ3n) is 10.1. The summed E-state index contributed by atoms with van der Waals surface area (Å²) in [5, 5.41) is 83.9. The summed E-state index contributed by atoms with van der Waals surface area (Å²) in [6.07, 6.45) is -28.2. The van der Waals surface area contributed by atoms with Crippen LogP contribution >= 0.6 is 21.6 Å². The molecule has 0 aliphatic carbocycles. The van der Waals surface area contributed by atoms with E-state index in [1.54, 1.807) is 18.2 Å². The van der Waals surface area contributed by atoms with E-state index in [4.69, 9.17) is 18.9 Å². The molecule has 0 spiro atoms. The Balaban J connectivity index is 0.0000126. The van der Waals surface area contributed by atoms with Gasteiger partial charge in [0.1, 0.15) is 61.0 Å². The van der Waals surface area contributed by atoms with Gasteiger partial charge in [0, 0.05) is 42.3 Å². The summed E-state index contributed by atoms with van der Waals surface area (Å²) in [7, 11) is -14.0. The van der Waals surface area contributed by atoms with E-state index in [1.807, 2.05) is 21.6 Å². The van der Waals surface area contributed by atoms with Crippen molar-refractivity contribution in [2.24, 2.45) is 0 Å². The van der Waals surface area contributed by atoms with Crippen LogP contribution in [-0.2, 0) is 77.1 Å². The summed E-state index contributed by atoms with van der Waals surface area (Å²) in [5.41, 5.74) is 0.755. The minimum Gasteiger partial charge on any atom is -0.726 e. The number of carbonyl (C=O) groups excluding carboxylic acids is 3. The first kappa shape index (κ1) is 73.3. The molecule has 0 bridgehead atoms. The van der Waals surface area contributed by atoms with Crippen molar-refractivity contribution in [3.05, 3.63) is 24.3 Å². The van der Waals surface area contributed by atoms with Gasteiger partial charge in [-0.15, -0.1) is 0 Å². The molecule has 3 fully saturated rings. The minimum atomic E-state index is -6.04. The van der Waals surface area contributed by atoms with E-state index < -0.39 is 149 Å². The Hall–Kier alpha value is 1.34. The number of rotatable bonds is 26. The van der Waals surface area contributed by atoms with Crippen molar-refractivity contribution in [3.8, 4) is 0 Å². The van der Waals surface area contributed by atoms with Crippen LogP contribution < -0.4 is 139 Å². The molecule has 9 N–H and O–H groups in total. The number of ether oxygens (including phenoxy) is 4. The van der Waals surface area contributed by atoms with Crippen molar-refractivity contribution >= 4 is 81.9 Å². The zero-order valence-corrected chi connectivity index (χ0v) is 51.3. The van der Waals surface area contributed by atoms with Crippen LogP contribution in [0.3, 0.4) is 0 Å². The Morgan fingerprint density at radius 1 is 0.819 bits per heavy atom. The maximum absolute atomic E-state index is 12.5. The molecular weight excluding hydrogens is 1120 g/mol. The quantitative estimate of drug-likeness (QED) is 0.0137. The number of unbranched alkanes of at least 4 members (excludes halogenated alkanes) is 1. The van der Waals surface area contributed by atoms with Crippen LogP contribution in [0.1, 0.15) is 39.0 Å². The second-order valence-corrected chi connectivity index (χ2v) is 21.1. The van der Waals surface area contributed by atoms with Crippen molar-refractivity contribution < 1.29 is 239 Å². The van der Waals surface area contributed by atoms with E-state index in [2.05, 4.69) is 28.5 Å². The summed E-state index contributed by atoms with van der Waals surface area (Å²) in [5.74, 6) is -2.56. The van der Waals surface area contributed by atoms with E-state index >= 15 is 0 Å². The monoisotopic (exact) mass is 1170 g/mol. The molecule has 38 heteroatoms. The van der Waals surface area contributed by atoms with Crippen molar-refractivity contribution in [3.63, 3.8) is 0 Å². The normalized spacial score (nSPS) is 28.2. The van der Waals surface area contributed by atoms with Gasteiger partial charge in [-0.3, -0.25) is 22.1 Å². The summed E-state index contributed by atoms with van der Waals surface area (Å²) >= 11 is 0. The van der Waals surface area contributed by atoms with E-state index in [1.165, 1.54) is 6.07 Å². The first-order valence-corrected chi connectivity index (χ1v) is 26.5. The number of aliphatic carboxylic acids is 1. The standard InChI is InChI=1S/C34H53N3O26S5.4Na/c1-15(38)36-23-29(60-34-31(63-68(54,55)56)27(45)26(44)30(61-34)32(46)47)28(62-67(51,52)53)21(14-58-66(48,49)50)59-33(23)57-13-20(40)25(43)24(42)19(39)12-35-16-5-4-6-17(11-16)37-22(41)8-3-2-7-18-9-10-64-65-18;;;;/h4-6,11,18-21,23-31,33-35,39-40,42-45H,2-3,7-10,12-14H2,1H3,(H,36,38)(H,37,41)(H,46,47)(H,48,49,50)(H,51,52,53)(H,54,55,56);;;;/q;4*+1/p-4/t18?,19-,20+,21+,23+,24+,25+,26-,27-,28-,29+,30-,31+,33-,34+;;;;/m0..../s1. The number of hydrogen-bond donors (Lipinski definition) is 9. The largest absolute Gasteiger partial charge is 1.00 e. The van der Waals surface area contributed by atoms with Gasteiger partial charge in [-0.1, -0.05) is 34.1 Å². The molecule has 1 aromatic carbocycles. The summed E-state index contributed by atoms with van der Waals surface area (Å²) in [6.45, 7) is -2.53. The second kappa shape index (κ2) is 33.8. The first-order chi connectivity index (χ1) is 31.6. The number of anilines is 2. The van der Waals surface area contributed by atoms with Gasteiger partial charge in [-0.05, 0) is 37.5 Å². The molecule has 72 heavy (non-hydrogen) atoms. The molecule has 3 saturated heterocycles. The van der Waals surface area contributed by atoms with Crippen molar-refractivity contribution in [2.75, 3.05) is 36.1 Å². The molecule has 15 atom stereocenters. The molecule has 390 valence electrons. The third-order valence-corrected chi connectivity index (χ3v) is 14.4. The number of aliphatic hydroxyl groups excluding tert-OH is 6. The maximum Gasteiger partial charge on any atom is 1.00 e. The molecule has 2 amide bonds. The number of amides is 2. The molecule has 4 rings (SSSR count). The van der Waals surface area contributed by atoms with Crippen LogP contribution in [0.4, 0.5) is 11.4 Å². The molecule has 1 unspecified atom stereocenters. The predicted octanol–water partition coefficient (Wildman–Crippen LogP) is -17.8. The van der Waals surface area contributed by atoms with E-state index in [0.717, 1.165) is 31.9 Å². The maximum atomic E-state index is 12.5. The van der Waals surface area contributed by atoms with Crippen LogP contribution in [0.2, 0.25) is 0 Å². The zero-order chi connectivity index (χ0) is 50.7. The summed E-state index contributed by atoms with van der Waals surface area (Å²) in [4.78, 5) is 36.8. The minimum absolute atomic E-state index is 0. The van der Waals surface area contributed by atoms with Gasteiger partial charge in [-0.2, -0.15) is 0 Å². The second-order valence-electron chi connectivity index (χ2n) is 15.3. The number of aliphatic hydroxyl groups is 6. The number of carboxylic acid groups (broad SMARTS) is 1. The van der Waals surface area contributed by atoms with Crippen LogP contribution in [0, 0.1) is 0 Å². The molecule has 0 radical (unpaired) electrons. The summed E-state index contributed by atoms with van der Waals surface area (Å²) in [6, 6.07) is 4.05. The number of carbonyl (C=O) groups is 3. The molecule has 1 aromatic rings. The average molecular weight is 1170 g/mol. The summed E-state index contributed by atoms with van der Waals surface area (Å²) < 4.78 is 139. The number of nitrogens with one attached hydrogen (secondary N) is 3. The van der Waals surface area contributed by atoms with Gasteiger partial charge in [0.15, 0.2) is 18.7 Å². The third kappa shape index (κ3) is 24.8. The molecular formula is C34H49N3Na4O26S5. The van der Waals surface area contributed by atoms with E-state index in [-0.39, 0.29) is 124 Å². The van der Waals surface area contributed by atoms with Crippen LogP contribution in [0.5, 0.6) is 0 Å². The molecule has 0 saturated carbocycles. The van der Waals surface area contributed by atoms with E-state index in [9.17, 15) is 89.0 Å². The van der Waals surface area contributed by atoms with E-state index in [0.29, 0.717) is 29.5 Å². The topological polar surface area (TPSA) is 468 Å². The smallest absolute Gasteiger partial charge is 0.726 e. The molecule has 0 aromatic heterocycles. The van der Waals surface area contributed by atoms with Crippen molar-refractivity contribution in [1.29, 1.82) is 0 Å². The van der Waals surface area contributed by atoms with Gasteiger partial charge < -0.3 is 89.1 Å². The molecule has 3 aliphatic heterocycles. The Kier molecular flexibility index (Phi) is 34.4. The SMILES string of the molecule is CC(=O)N[C@H]1[C@@H](OC[C@@H](O)[C@@H](O)[C@H](O)[C@@H](O)CNc2cccc(NC(=O)CCCCC3CCSS3)c2)O[C@H](COS(=O)(=O)[O-])[C@H](OS(=O)(=O)[O-])[C@@H]1O[C@@H]1O[C@H](C(=O)[O-])[C@@H](O)[C@H](O)[C@H]1OS(=O)(=O)[O-].[Na+].[Na+].[Na+].[Na+]. The fraction of sp³-hybridized carbons (Fsp3) is 0.735. The number of benzene rings is 1. The van der Waals surface area contributed by atoms with Crippen LogP contribution in [0.15, 0.2) is 24.3 Å². The molecule has 29 nitrogen and oxygen atoms in total. The van der Waals surface area contributed by atoms with Gasteiger partial charge in [0.2, 0.25) is 43.0 Å². The van der Waals surface area contributed by atoms with Gasteiger partial charge in [0.05, 0.1) is 25.3 Å². The average Bonchev–Trinajstić information content (AvgIpc) is 3.76. The Morgan fingerprint density at radius 2 is 1.43 bits per heavy atom. The Bertz CT molecular complexity index is 2190. The Morgan fingerprint density at radius 3 is 2.00 bits per heavy atom. The Labute approximate surface area is 510 Å². The van der Waals surface area contributed by atoms with Gasteiger partial charge >= 0.3 is 118 Å². The van der Waals surface area contributed by atoms with Gasteiger partial charge in [-0.25, -0.2) is 25.3 Å². The van der Waals surface area contributed by atoms with Gasteiger partial charge in [0.25, 0.3) is 0 Å².